The summed E-state index contributed by atoms with van der Waals surface area (Å²) in [5.74, 6) is 0. The molecule has 0 unspecified atom stereocenters. The smallest absolute Gasteiger partial charge is 0.0947 e. The molecule has 0 aliphatic heterocycles. The molecule has 0 bridgehead atoms. The van der Waals surface area contributed by atoms with Crippen molar-refractivity contribution in [2.24, 2.45) is 5.73 Å². The summed E-state index contributed by atoms with van der Waals surface area (Å²) in [4.78, 5) is 9.73. The second-order valence-corrected chi connectivity index (χ2v) is 4.38. The van der Waals surface area contributed by atoms with E-state index in [4.69, 9.17) is 5.73 Å². The van der Waals surface area contributed by atoms with E-state index in [-0.39, 0.29) is 0 Å². The number of aromatic nitrogens is 2. The average Bonchev–Trinajstić information content (AvgIpc) is 2.61. The van der Waals surface area contributed by atoms with Gasteiger partial charge in [-0.1, -0.05) is 0 Å². The van der Waals surface area contributed by atoms with E-state index in [0.717, 1.165) is 17.1 Å². The van der Waals surface area contributed by atoms with Gasteiger partial charge in [-0.2, -0.15) is 0 Å². The SMILES string of the molecule is Cc1nc(CCN)sc1-c1ccncc1. The molecule has 2 N–H and O–H groups in total. The Morgan fingerprint density at radius 3 is 2.73 bits per heavy atom. The second-order valence-electron chi connectivity index (χ2n) is 3.30. The largest absolute Gasteiger partial charge is 0.330 e. The lowest BCUT2D eigenvalue weighted by molar-refractivity contribution is 0.945. The molecular formula is C11H13N3S. The molecule has 0 aliphatic carbocycles. The standard InChI is InChI=1S/C11H13N3S/c1-8-11(9-3-6-13-7-4-9)15-10(14-8)2-5-12/h3-4,6-7H,2,5,12H2,1H3. The van der Waals surface area contributed by atoms with Crippen LogP contribution in [0.4, 0.5) is 0 Å². The topological polar surface area (TPSA) is 51.8 Å². The lowest BCUT2D eigenvalue weighted by Gasteiger charge is -1.95. The summed E-state index contributed by atoms with van der Waals surface area (Å²) < 4.78 is 0. The van der Waals surface area contributed by atoms with Crippen molar-refractivity contribution in [3.05, 3.63) is 35.2 Å². The van der Waals surface area contributed by atoms with Gasteiger partial charge in [0.2, 0.25) is 0 Å². The van der Waals surface area contributed by atoms with Crippen LogP contribution in [0.15, 0.2) is 24.5 Å². The van der Waals surface area contributed by atoms with Crippen molar-refractivity contribution < 1.29 is 0 Å². The Hall–Kier alpha value is -1.26. The normalized spacial score (nSPS) is 10.5. The highest BCUT2D eigenvalue weighted by molar-refractivity contribution is 7.15. The monoisotopic (exact) mass is 219 g/mol. The second kappa shape index (κ2) is 4.51. The predicted octanol–water partition coefficient (Wildman–Crippen LogP) is 2.01. The zero-order valence-corrected chi connectivity index (χ0v) is 9.42. The van der Waals surface area contributed by atoms with Crippen molar-refractivity contribution >= 4 is 11.3 Å². The van der Waals surface area contributed by atoms with Gasteiger partial charge in [-0.15, -0.1) is 11.3 Å². The maximum absolute atomic E-state index is 5.52. The Morgan fingerprint density at radius 2 is 2.07 bits per heavy atom. The van der Waals surface area contributed by atoms with Gasteiger partial charge in [0.15, 0.2) is 0 Å². The molecule has 2 rings (SSSR count). The van der Waals surface area contributed by atoms with Crippen molar-refractivity contribution in [2.45, 2.75) is 13.3 Å². The fraction of sp³-hybridized carbons (Fsp3) is 0.273. The van der Waals surface area contributed by atoms with Crippen LogP contribution in [0.1, 0.15) is 10.7 Å². The number of hydrogen-bond acceptors (Lipinski definition) is 4. The van der Waals surface area contributed by atoms with Crippen LogP contribution in [0.2, 0.25) is 0 Å². The van der Waals surface area contributed by atoms with Crippen LogP contribution in [0.3, 0.4) is 0 Å². The van der Waals surface area contributed by atoms with E-state index in [1.54, 1.807) is 23.7 Å². The summed E-state index contributed by atoms with van der Waals surface area (Å²) >= 11 is 1.72. The minimum Gasteiger partial charge on any atom is -0.330 e. The third kappa shape index (κ3) is 2.22. The van der Waals surface area contributed by atoms with Gasteiger partial charge in [-0.3, -0.25) is 4.98 Å². The molecule has 0 aromatic carbocycles. The minimum absolute atomic E-state index is 0.655. The summed E-state index contributed by atoms with van der Waals surface area (Å²) in [6.45, 7) is 2.69. The van der Waals surface area contributed by atoms with E-state index in [1.807, 2.05) is 19.1 Å². The average molecular weight is 219 g/mol. The Balaban J connectivity index is 2.36. The maximum atomic E-state index is 5.52. The quantitative estimate of drug-likeness (QED) is 0.859. The highest BCUT2D eigenvalue weighted by Crippen LogP contribution is 2.29. The number of nitrogens with zero attached hydrogens (tertiary/aromatic N) is 2. The first-order chi connectivity index (χ1) is 7.31. The van der Waals surface area contributed by atoms with Gasteiger partial charge < -0.3 is 5.73 Å². The molecule has 0 spiro atoms. The molecule has 2 aromatic heterocycles. The van der Waals surface area contributed by atoms with Gasteiger partial charge in [-0.05, 0) is 31.2 Å². The molecule has 0 saturated carbocycles. The summed E-state index contributed by atoms with van der Waals surface area (Å²) in [5.41, 5.74) is 7.78. The number of aryl methyl sites for hydroxylation is 1. The predicted molar refractivity (Wildman–Crippen MR) is 62.8 cm³/mol. The van der Waals surface area contributed by atoms with Crippen LogP contribution < -0.4 is 5.73 Å². The maximum Gasteiger partial charge on any atom is 0.0947 e. The van der Waals surface area contributed by atoms with Crippen LogP contribution in [-0.4, -0.2) is 16.5 Å². The Kier molecular flexibility index (Phi) is 3.08. The van der Waals surface area contributed by atoms with Crippen LogP contribution >= 0.6 is 11.3 Å². The first-order valence-corrected chi connectivity index (χ1v) is 5.69. The highest BCUT2D eigenvalue weighted by Gasteiger charge is 2.08. The molecule has 0 amide bonds. The minimum atomic E-state index is 0.655. The third-order valence-corrected chi connectivity index (χ3v) is 3.41. The first kappa shape index (κ1) is 10.3. The van der Waals surface area contributed by atoms with E-state index in [0.29, 0.717) is 6.54 Å². The first-order valence-electron chi connectivity index (χ1n) is 4.88. The Labute approximate surface area is 93.0 Å². The van der Waals surface area contributed by atoms with Crippen molar-refractivity contribution in [1.82, 2.24) is 9.97 Å². The molecule has 78 valence electrons. The molecule has 0 fully saturated rings. The summed E-state index contributed by atoms with van der Waals surface area (Å²) in [6, 6.07) is 4.01. The summed E-state index contributed by atoms with van der Waals surface area (Å²) in [7, 11) is 0. The molecule has 4 heteroatoms. The summed E-state index contributed by atoms with van der Waals surface area (Å²) in [6.07, 6.45) is 4.46. The number of thiazole rings is 1. The van der Waals surface area contributed by atoms with Crippen LogP contribution in [0.5, 0.6) is 0 Å². The van der Waals surface area contributed by atoms with E-state index >= 15 is 0 Å². The van der Waals surface area contributed by atoms with Crippen LogP contribution in [0, 0.1) is 6.92 Å². The number of hydrogen-bond donors (Lipinski definition) is 1. The summed E-state index contributed by atoms with van der Waals surface area (Å²) in [5, 5.41) is 1.11. The van der Waals surface area contributed by atoms with E-state index in [2.05, 4.69) is 9.97 Å². The lowest BCUT2D eigenvalue weighted by atomic mass is 10.2. The van der Waals surface area contributed by atoms with Gasteiger partial charge in [-0.25, -0.2) is 4.98 Å². The molecule has 3 nitrogen and oxygen atoms in total. The zero-order chi connectivity index (χ0) is 10.7. The van der Waals surface area contributed by atoms with Crippen molar-refractivity contribution in [2.75, 3.05) is 6.54 Å². The fourth-order valence-corrected chi connectivity index (χ4v) is 2.54. The van der Waals surface area contributed by atoms with Crippen molar-refractivity contribution in [1.29, 1.82) is 0 Å². The Bertz CT molecular complexity index is 436. The molecular weight excluding hydrogens is 206 g/mol. The van der Waals surface area contributed by atoms with Crippen LogP contribution in [-0.2, 0) is 6.42 Å². The van der Waals surface area contributed by atoms with E-state index < -0.39 is 0 Å². The van der Waals surface area contributed by atoms with Crippen molar-refractivity contribution in [3.8, 4) is 10.4 Å². The van der Waals surface area contributed by atoms with E-state index in [9.17, 15) is 0 Å². The van der Waals surface area contributed by atoms with Gasteiger partial charge in [0.25, 0.3) is 0 Å². The molecule has 0 radical (unpaired) electrons. The van der Waals surface area contributed by atoms with Gasteiger partial charge in [0, 0.05) is 18.8 Å². The molecule has 2 aromatic rings. The van der Waals surface area contributed by atoms with Gasteiger partial charge in [0.1, 0.15) is 0 Å². The van der Waals surface area contributed by atoms with E-state index in [1.165, 1.54) is 10.4 Å². The molecule has 2 heterocycles. The number of pyridine rings is 1. The third-order valence-electron chi connectivity index (χ3n) is 2.14. The molecule has 15 heavy (non-hydrogen) atoms. The van der Waals surface area contributed by atoms with Crippen LogP contribution in [0.25, 0.3) is 10.4 Å². The molecule has 0 aliphatic rings. The van der Waals surface area contributed by atoms with Crippen molar-refractivity contribution in [3.63, 3.8) is 0 Å². The Morgan fingerprint density at radius 1 is 1.33 bits per heavy atom. The molecule has 0 saturated heterocycles. The fourth-order valence-electron chi connectivity index (χ4n) is 1.45. The number of rotatable bonds is 3. The lowest BCUT2D eigenvalue weighted by Crippen LogP contribution is -2.01. The molecule has 0 atom stereocenters. The van der Waals surface area contributed by atoms with Gasteiger partial charge in [0.05, 0.1) is 15.6 Å². The van der Waals surface area contributed by atoms with Gasteiger partial charge >= 0.3 is 0 Å². The highest BCUT2D eigenvalue weighted by atomic mass is 32.1. The zero-order valence-electron chi connectivity index (χ0n) is 8.60. The number of nitrogens with two attached hydrogens (primary N) is 1.